The summed E-state index contributed by atoms with van der Waals surface area (Å²) in [6.07, 6.45) is 2.79. The first-order valence-corrected chi connectivity index (χ1v) is 9.41. The van der Waals surface area contributed by atoms with Crippen LogP contribution in [0.5, 0.6) is 0 Å². The minimum atomic E-state index is -0.308. The minimum absolute atomic E-state index is 0.0181. The van der Waals surface area contributed by atoms with Gasteiger partial charge in [-0.05, 0) is 66.6 Å². The number of hydrogen-bond donors (Lipinski definition) is 0. The summed E-state index contributed by atoms with van der Waals surface area (Å²) in [5.74, 6) is -0.592. The molecule has 1 unspecified atom stereocenters. The number of carbonyl (C=O) groups excluding carboxylic acids is 1. The maximum Gasteiger partial charge on any atom is 0.227 e. The Bertz CT molecular complexity index is 1220. The fraction of sp³-hybridized carbons (Fsp3) is 0.130. The molecule has 0 aliphatic carbocycles. The lowest BCUT2D eigenvalue weighted by molar-refractivity contribution is -0.117. The number of benzene rings is 3. The highest BCUT2D eigenvalue weighted by molar-refractivity contribution is 5.98. The third-order valence-electron chi connectivity index (χ3n) is 5.35. The first-order chi connectivity index (χ1) is 14.1. The van der Waals surface area contributed by atoms with E-state index in [2.05, 4.69) is 5.10 Å². The fourth-order valence-electron chi connectivity index (χ4n) is 4.00. The molecule has 1 fully saturated rings. The van der Waals surface area contributed by atoms with Gasteiger partial charge in [0.05, 0.1) is 23.4 Å². The first kappa shape index (κ1) is 17.6. The Morgan fingerprint density at radius 1 is 0.897 bits per heavy atom. The number of rotatable bonds is 3. The molecule has 0 spiro atoms. The highest BCUT2D eigenvalue weighted by Gasteiger charge is 2.33. The number of carbonyl (C=O) groups is 1. The molecule has 1 aromatic heterocycles. The lowest BCUT2D eigenvalue weighted by Crippen LogP contribution is -2.27. The van der Waals surface area contributed by atoms with Gasteiger partial charge in [-0.3, -0.25) is 4.79 Å². The van der Waals surface area contributed by atoms with E-state index in [0.29, 0.717) is 12.8 Å². The number of fused-ring (bicyclic) bond motifs is 1. The van der Waals surface area contributed by atoms with Gasteiger partial charge in [-0.1, -0.05) is 12.1 Å². The van der Waals surface area contributed by atoms with Crippen molar-refractivity contribution < 1.29 is 13.6 Å². The molecule has 1 aliphatic heterocycles. The van der Waals surface area contributed by atoms with Gasteiger partial charge in [0, 0.05) is 17.5 Å². The van der Waals surface area contributed by atoms with Crippen molar-refractivity contribution in [3.05, 3.63) is 90.1 Å². The van der Waals surface area contributed by atoms with Gasteiger partial charge in [0.1, 0.15) is 11.6 Å². The van der Waals surface area contributed by atoms with Gasteiger partial charge in [-0.15, -0.1) is 0 Å². The van der Waals surface area contributed by atoms with Gasteiger partial charge in [-0.25, -0.2) is 13.5 Å². The molecule has 1 atom stereocenters. The lowest BCUT2D eigenvalue weighted by Gasteiger charge is -2.25. The quantitative estimate of drug-likeness (QED) is 0.485. The molecule has 0 radical (unpaired) electrons. The molecule has 1 amide bonds. The van der Waals surface area contributed by atoms with Crippen molar-refractivity contribution in [2.75, 3.05) is 4.90 Å². The van der Waals surface area contributed by atoms with Crippen molar-refractivity contribution in [1.82, 2.24) is 9.78 Å². The number of amides is 1. The van der Waals surface area contributed by atoms with E-state index in [-0.39, 0.29) is 23.6 Å². The zero-order chi connectivity index (χ0) is 20.0. The van der Waals surface area contributed by atoms with Crippen molar-refractivity contribution in [2.24, 2.45) is 0 Å². The minimum Gasteiger partial charge on any atom is -0.305 e. The van der Waals surface area contributed by atoms with Gasteiger partial charge in [0.15, 0.2) is 0 Å². The van der Waals surface area contributed by atoms with Crippen LogP contribution in [0.2, 0.25) is 0 Å². The van der Waals surface area contributed by atoms with Crippen LogP contribution < -0.4 is 4.90 Å². The molecule has 0 N–H and O–H groups in total. The summed E-state index contributed by atoms with van der Waals surface area (Å²) in [6.45, 7) is 0. The third kappa shape index (κ3) is 3.06. The van der Waals surface area contributed by atoms with Crippen molar-refractivity contribution in [1.29, 1.82) is 0 Å². The van der Waals surface area contributed by atoms with Crippen LogP contribution >= 0.6 is 0 Å². The van der Waals surface area contributed by atoms with E-state index < -0.39 is 0 Å². The molecule has 4 aromatic rings. The predicted octanol–water partition coefficient (Wildman–Crippen LogP) is 5.17. The number of aromatic nitrogens is 2. The van der Waals surface area contributed by atoms with E-state index in [4.69, 9.17) is 0 Å². The van der Waals surface area contributed by atoms with Crippen LogP contribution in [-0.4, -0.2) is 15.7 Å². The van der Waals surface area contributed by atoms with Crippen LogP contribution in [0.1, 0.15) is 24.4 Å². The molecule has 3 aromatic carbocycles. The molecule has 4 nitrogen and oxygen atoms in total. The van der Waals surface area contributed by atoms with Crippen LogP contribution in [0.4, 0.5) is 14.5 Å². The standard InChI is InChI=1S/C23H17F2N3O/c24-17-4-6-19(7-5-17)28-22-9-8-20(13-16(22)14-26-28)27-21(10-11-23(27)29)15-2-1-3-18(25)12-15/h1-9,12-14,21H,10-11H2. The van der Waals surface area contributed by atoms with E-state index in [0.717, 1.165) is 27.8 Å². The van der Waals surface area contributed by atoms with Crippen LogP contribution in [0.3, 0.4) is 0 Å². The summed E-state index contributed by atoms with van der Waals surface area (Å²) < 4.78 is 28.7. The molecule has 5 rings (SSSR count). The molecule has 0 bridgehead atoms. The Morgan fingerprint density at radius 2 is 1.69 bits per heavy atom. The van der Waals surface area contributed by atoms with Gasteiger partial charge in [0.25, 0.3) is 0 Å². The van der Waals surface area contributed by atoms with Crippen molar-refractivity contribution in [2.45, 2.75) is 18.9 Å². The van der Waals surface area contributed by atoms with Crippen molar-refractivity contribution >= 4 is 22.5 Å². The second-order valence-corrected chi connectivity index (χ2v) is 7.15. The maximum absolute atomic E-state index is 13.7. The summed E-state index contributed by atoms with van der Waals surface area (Å²) in [4.78, 5) is 14.4. The monoisotopic (exact) mass is 389 g/mol. The second-order valence-electron chi connectivity index (χ2n) is 7.15. The molecule has 1 saturated heterocycles. The van der Waals surface area contributed by atoms with Gasteiger partial charge >= 0.3 is 0 Å². The number of anilines is 1. The van der Waals surface area contributed by atoms with E-state index in [1.165, 1.54) is 24.3 Å². The van der Waals surface area contributed by atoms with Crippen LogP contribution in [0.15, 0.2) is 72.9 Å². The highest BCUT2D eigenvalue weighted by Crippen LogP contribution is 2.38. The molecule has 29 heavy (non-hydrogen) atoms. The van der Waals surface area contributed by atoms with Crippen molar-refractivity contribution in [3.63, 3.8) is 0 Å². The molecule has 1 aliphatic rings. The largest absolute Gasteiger partial charge is 0.305 e. The second kappa shape index (κ2) is 6.81. The summed E-state index contributed by atoms with van der Waals surface area (Å²) in [5, 5.41) is 5.28. The first-order valence-electron chi connectivity index (χ1n) is 9.41. The molecular weight excluding hydrogens is 372 g/mol. The molecular formula is C23H17F2N3O. The third-order valence-corrected chi connectivity index (χ3v) is 5.35. The SMILES string of the molecule is O=C1CCC(c2cccc(F)c2)N1c1ccc2c(cnn2-c2ccc(F)cc2)c1. The Kier molecular flexibility index (Phi) is 4.12. The summed E-state index contributed by atoms with van der Waals surface area (Å²) in [5.41, 5.74) is 3.16. The average molecular weight is 389 g/mol. The summed E-state index contributed by atoms with van der Waals surface area (Å²) in [6, 6.07) is 18.0. The van der Waals surface area contributed by atoms with Gasteiger partial charge in [-0.2, -0.15) is 5.10 Å². The zero-order valence-electron chi connectivity index (χ0n) is 15.4. The molecule has 2 heterocycles. The fourth-order valence-corrected chi connectivity index (χ4v) is 4.00. The van der Waals surface area contributed by atoms with Gasteiger partial charge < -0.3 is 4.90 Å². The summed E-state index contributed by atoms with van der Waals surface area (Å²) in [7, 11) is 0. The normalized spacial score (nSPS) is 16.7. The molecule has 144 valence electrons. The maximum atomic E-state index is 13.7. The predicted molar refractivity (Wildman–Crippen MR) is 107 cm³/mol. The summed E-state index contributed by atoms with van der Waals surface area (Å²) >= 11 is 0. The van der Waals surface area contributed by atoms with E-state index in [1.54, 1.807) is 34.0 Å². The smallest absolute Gasteiger partial charge is 0.227 e. The Labute approximate surface area is 166 Å². The van der Waals surface area contributed by atoms with Crippen molar-refractivity contribution in [3.8, 4) is 5.69 Å². The van der Waals surface area contributed by atoms with Gasteiger partial charge in [0.2, 0.25) is 5.91 Å². The van der Waals surface area contributed by atoms with Crippen LogP contribution in [-0.2, 0) is 4.79 Å². The van der Waals surface area contributed by atoms with E-state index >= 15 is 0 Å². The molecule has 0 saturated carbocycles. The Morgan fingerprint density at radius 3 is 2.48 bits per heavy atom. The Balaban J connectivity index is 1.54. The Hall–Kier alpha value is -3.54. The number of halogens is 2. The van der Waals surface area contributed by atoms with Crippen LogP contribution in [0.25, 0.3) is 16.6 Å². The average Bonchev–Trinajstić information content (AvgIpc) is 3.31. The number of hydrogen-bond acceptors (Lipinski definition) is 2. The van der Waals surface area contributed by atoms with Crippen LogP contribution in [0, 0.1) is 11.6 Å². The van der Waals surface area contributed by atoms with E-state index in [9.17, 15) is 13.6 Å². The zero-order valence-corrected chi connectivity index (χ0v) is 15.4. The van der Waals surface area contributed by atoms with E-state index in [1.807, 2.05) is 24.3 Å². The lowest BCUT2D eigenvalue weighted by atomic mass is 10.0. The topological polar surface area (TPSA) is 38.1 Å². The number of nitrogens with zero attached hydrogens (tertiary/aromatic N) is 3. The highest BCUT2D eigenvalue weighted by atomic mass is 19.1. The molecule has 6 heteroatoms.